The molecule has 27 heavy (non-hydrogen) atoms. The van der Waals surface area contributed by atoms with E-state index < -0.39 is 11.6 Å². The van der Waals surface area contributed by atoms with Crippen LogP contribution in [0.4, 0.5) is 5.69 Å². The van der Waals surface area contributed by atoms with Crippen molar-refractivity contribution in [1.82, 2.24) is 0 Å². The number of aliphatic hydroxyl groups is 1. The van der Waals surface area contributed by atoms with Gasteiger partial charge in [-0.2, -0.15) is 0 Å². The average molecular weight is 394 g/mol. The van der Waals surface area contributed by atoms with Gasteiger partial charge in [0.15, 0.2) is 0 Å². The van der Waals surface area contributed by atoms with Crippen molar-refractivity contribution in [3.63, 3.8) is 0 Å². The maximum atomic E-state index is 13.2. The van der Waals surface area contributed by atoms with E-state index in [9.17, 15) is 14.7 Å². The van der Waals surface area contributed by atoms with Gasteiger partial charge in [-0.05, 0) is 53.5 Å². The predicted octanol–water partition coefficient (Wildman–Crippen LogP) is 3.13. The Hall–Kier alpha value is -1.88. The zero-order chi connectivity index (χ0) is 20.4. The Bertz CT molecular complexity index is 779. The number of carboxylic acids is 1. The van der Waals surface area contributed by atoms with Crippen LogP contribution in [0.5, 0.6) is 0 Å². The number of rotatable bonds is 5. The zero-order valence-corrected chi connectivity index (χ0v) is 17.3. The predicted molar refractivity (Wildman–Crippen MR) is 105 cm³/mol. The van der Waals surface area contributed by atoms with Crippen molar-refractivity contribution in [2.75, 3.05) is 18.1 Å². The number of carbonyl (C=O) groups excluding carboxylic acids is 1. The summed E-state index contributed by atoms with van der Waals surface area (Å²) >= 11 is 1.08. The molecule has 6 nitrogen and oxygen atoms in total. The minimum absolute atomic E-state index is 0.0346. The highest BCUT2D eigenvalue weighted by atomic mass is 32.1. The molecule has 148 valence electrons. The second-order valence-corrected chi connectivity index (χ2v) is 9.08. The van der Waals surface area contributed by atoms with Crippen molar-refractivity contribution >= 4 is 28.9 Å². The van der Waals surface area contributed by atoms with Crippen molar-refractivity contribution in [2.24, 2.45) is 5.41 Å². The molecule has 0 bridgehead atoms. The fourth-order valence-corrected chi connectivity index (χ4v) is 3.70. The number of aromatic carboxylic acids is 1. The van der Waals surface area contributed by atoms with E-state index in [1.807, 2.05) is 27.7 Å². The summed E-state index contributed by atoms with van der Waals surface area (Å²) in [5.74, 6) is 4.76. The maximum absolute atomic E-state index is 13.2. The van der Waals surface area contributed by atoms with E-state index in [4.69, 9.17) is 9.84 Å². The molecule has 1 amide bonds. The van der Waals surface area contributed by atoms with Gasteiger partial charge in [0.1, 0.15) is 10.5 Å². The fraction of sp³-hybridized carbons (Fsp3) is 0.600. The number of anilines is 1. The largest absolute Gasteiger partial charge is 0.477 e. The smallest absolute Gasteiger partial charge is 0.348 e. The van der Waals surface area contributed by atoms with Gasteiger partial charge < -0.3 is 19.8 Å². The van der Waals surface area contributed by atoms with Crippen LogP contribution < -0.4 is 4.90 Å². The SMILES string of the molecule is CC1COC(C)(CCCO)C(=O)N1c1cc(C#CC(C)(C)C)sc1C(=O)O. The van der Waals surface area contributed by atoms with Crippen molar-refractivity contribution in [1.29, 1.82) is 0 Å². The molecule has 2 unspecified atom stereocenters. The molecule has 0 saturated carbocycles. The van der Waals surface area contributed by atoms with E-state index in [0.717, 1.165) is 11.3 Å². The molecule has 1 aromatic rings. The van der Waals surface area contributed by atoms with Gasteiger partial charge in [-0.25, -0.2) is 4.79 Å². The topological polar surface area (TPSA) is 87.1 Å². The molecule has 1 fully saturated rings. The lowest BCUT2D eigenvalue weighted by Crippen LogP contribution is -2.59. The number of nitrogens with zero attached hydrogens (tertiary/aromatic N) is 1. The third-order valence-electron chi connectivity index (χ3n) is 4.29. The fourth-order valence-electron chi connectivity index (χ4n) is 2.86. The first kappa shape index (κ1) is 21.4. The van der Waals surface area contributed by atoms with Crippen LogP contribution in [-0.2, 0) is 9.53 Å². The lowest BCUT2D eigenvalue weighted by atomic mass is 9.94. The van der Waals surface area contributed by atoms with Crippen LogP contribution >= 0.6 is 11.3 Å². The summed E-state index contributed by atoms with van der Waals surface area (Å²) in [6.07, 6.45) is 0.803. The quantitative estimate of drug-likeness (QED) is 0.751. The Balaban J connectivity index is 2.47. The van der Waals surface area contributed by atoms with Gasteiger partial charge in [0, 0.05) is 12.0 Å². The lowest BCUT2D eigenvalue weighted by Gasteiger charge is -2.43. The minimum Gasteiger partial charge on any atom is -0.477 e. The Morgan fingerprint density at radius 3 is 2.70 bits per heavy atom. The van der Waals surface area contributed by atoms with Crippen molar-refractivity contribution in [2.45, 2.75) is 59.1 Å². The van der Waals surface area contributed by atoms with Crippen LogP contribution in [0.1, 0.15) is 62.0 Å². The molecule has 2 heterocycles. The third kappa shape index (κ3) is 4.89. The number of amides is 1. The lowest BCUT2D eigenvalue weighted by molar-refractivity contribution is -0.151. The Kier molecular flexibility index (Phi) is 6.35. The molecule has 0 spiro atoms. The molecule has 0 aromatic carbocycles. The number of hydrogen-bond donors (Lipinski definition) is 2. The maximum Gasteiger partial charge on any atom is 0.348 e. The highest BCUT2D eigenvalue weighted by Crippen LogP contribution is 2.37. The van der Waals surface area contributed by atoms with E-state index in [-0.39, 0.29) is 28.8 Å². The first-order chi connectivity index (χ1) is 12.5. The number of carboxylic acid groups (broad SMARTS) is 1. The summed E-state index contributed by atoms with van der Waals surface area (Å²) in [4.78, 5) is 27.2. The van der Waals surface area contributed by atoms with Crippen LogP contribution in [0.2, 0.25) is 0 Å². The first-order valence-corrected chi connectivity index (χ1v) is 9.79. The highest BCUT2D eigenvalue weighted by Gasteiger charge is 2.45. The standard InChI is InChI=1S/C20H27NO5S/c1-13-12-26-20(5,8-6-10-22)18(25)21(13)15-11-14(7-9-19(2,3)4)27-16(15)17(23)24/h11,13,22H,6,8,10,12H2,1-5H3,(H,23,24). The summed E-state index contributed by atoms with van der Waals surface area (Å²) in [6.45, 7) is 9.72. The third-order valence-corrected chi connectivity index (χ3v) is 5.32. The molecule has 2 N–H and O–H groups in total. The second-order valence-electron chi connectivity index (χ2n) is 8.02. The van der Waals surface area contributed by atoms with Gasteiger partial charge in [-0.15, -0.1) is 11.3 Å². The van der Waals surface area contributed by atoms with E-state index >= 15 is 0 Å². The van der Waals surface area contributed by atoms with Crippen LogP contribution in [0.3, 0.4) is 0 Å². The van der Waals surface area contributed by atoms with E-state index in [2.05, 4.69) is 11.8 Å². The molecule has 1 aromatic heterocycles. The molecule has 1 aliphatic rings. The Labute approximate surface area is 164 Å². The van der Waals surface area contributed by atoms with Crippen molar-refractivity contribution < 1.29 is 24.5 Å². The summed E-state index contributed by atoms with van der Waals surface area (Å²) in [5.41, 5.74) is -0.926. The van der Waals surface area contributed by atoms with Gasteiger partial charge in [0.25, 0.3) is 5.91 Å². The van der Waals surface area contributed by atoms with Crippen LogP contribution in [0, 0.1) is 17.3 Å². The number of morpholine rings is 1. The number of carbonyl (C=O) groups is 2. The van der Waals surface area contributed by atoms with Crippen LogP contribution in [-0.4, -0.2) is 46.9 Å². The van der Waals surface area contributed by atoms with Crippen LogP contribution in [0.15, 0.2) is 6.07 Å². The first-order valence-electron chi connectivity index (χ1n) is 8.97. The zero-order valence-electron chi connectivity index (χ0n) is 16.5. The van der Waals surface area contributed by atoms with E-state index in [1.54, 1.807) is 13.0 Å². The van der Waals surface area contributed by atoms with E-state index in [0.29, 0.717) is 30.0 Å². The molecular formula is C20H27NO5S. The Morgan fingerprint density at radius 2 is 2.15 bits per heavy atom. The minimum atomic E-state index is -1.08. The van der Waals surface area contributed by atoms with Crippen LogP contribution in [0.25, 0.3) is 0 Å². The van der Waals surface area contributed by atoms with Gasteiger partial charge in [-0.3, -0.25) is 4.79 Å². The molecule has 7 heteroatoms. The second kappa shape index (κ2) is 8.01. The van der Waals surface area contributed by atoms with Gasteiger partial charge in [-0.1, -0.05) is 11.8 Å². The van der Waals surface area contributed by atoms with Gasteiger partial charge in [0.05, 0.1) is 23.2 Å². The number of ether oxygens (including phenoxy) is 1. The van der Waals surface area contributed by atoms with Gasteiger partial charge in [0.2, 0.25) is 0 Å². The molecule has 0 aliphatic carbocycles. The molecule has 1 saturated heterocycles. The van der Waals surface area contributed by atoms with Gasteiger partial charge >= 0.3 is 5.97 Å². The monoisotopic (exact) mass is 393 g/mol. The molecule has 1 aliphatic heterocycles. The van der Waals surface area contributed by atoms with Crippen molar-refractivity contribution in [3.8, 4) is 11.8 Å². The summed E-state index contributed by atoms with van der Waals surface area (Å²) in [7, 11) is 0. The summed E-state index contributed by atoms with van der Waals surface area (Å²) < 4.78 is 5.77. The number of aliphatic hydroxyl groups excluding tert-OH is 1. The molecule has 0 radical (unpaired) electrons. The van der Waals surface area contributed by atoms with Crippen molar-refractivity contribution in [3.05, 3.63) is 15.8 Å². The Morgan fingerprint density at radius 1 is 1.48 bits per heavy atom. The molecular weight excluding hydrogens is 366 g/mol. The van der Waals surface area contributed by atoms with E-state index in [1.165, 1.54) is 4.90 Å². The normalized spacial score (nSPS) is 23.1. The highest BCUT2D eigenvalue weighted by molar-refractivity contribution is 7.15. The average Bonchev–Trinajstić information content (AvgIpc) is 2.99. The molecule has 2 atom stereocenters. The number of hydrogen-bond acceptors (Lipinski definition) is 5. The number of thiophene rings is 1. The molecule has 2 rings (SSSR count). The summed E-state index contributed by atoms with van der Waals surface area (Å²) in [5, 5.41) is 18.7. The summed E-state index contributed by atoms with van der Waals surface area (Å²) in [6, 6.07) is 1.38.